The normalized spacial score (nSPS) is 29.5. The minimum absolute atomic E-state index is 0.197. The predicted molar refractivity (Wildman–Crippen MR) is 41.0 cm³/mol. The minimum Gasteiger partial charge on any atom is -0.302 e. The van der Waals surface area contributed by atoms with Crippen LogP contribution in [0.3, 0.4) is 0 Å². The number of rotatable bonds is 1. The Balaban J connectivity index is 2.43. The van der Waals surface area contributed by atoms with E-state index in [1.165, 1.54) is 19.3 Å². The van der Waals surface area contributed by atoms with Crippen LogP contribution in [0, 0.1) is 0 Å². The Morgan fingerprint density at radius 1 is 1.40 bits per heavy atom. The molecule has 0 saturated carbocycles. The van der Waals surface area contributed by atoms with E-state index in [2.05, 4.69) is 4.90 Å². The molecule has 1 rings (SSSR count). The topological polar surface area (TPSA) is 20.3 Å². The maximum absolute atomic E-state index is 10.5. The summed E-state index contributed by atoms with van der Waals surface area (Å²) in [6.45, 7) is 1.09. The highest BCUT2D eigenvalue weighted by atomic mass is 16.1. The van der Waals surface area contributed by atoms with E-state index in [1.807, 2.05) is 7.05 Å². The van der Waals surface area contributed by atoms with Crippen molar-refractivity contribution in [2.45, 2.75) is 31.7 Å². The largest absolute Gasteiger partial charge is 0.302 e. The molecule has 1 aliphatic heterocycles. The Labute approximate surface area is 62.2 Å². The summed E-state index contributed by atoms with van der Waals surface area (Å²) in [5, 5.41) is 0. The highest BCUT2D eigenvalue weighted by Gasteiger charge is 2.15. The highest BCUT2D eigenvalue weighted by Crippen LogP contribution is 2.12. The summed E-state index contributed by atoms with van der Waals surface area (Å²) in [6.07, 6.45) is 5.88. The van der Waals surface area contributed by atoms with Crippen molar-refractivity contribution in [1.82, 2.24) is 4.90 Å². The molecule has 0 spiro atoms. The Bertz CT molecular complexity index is 114. The van der Waals surface area contributed by atoms with Gasteiger partial charge in [-0.3, -0.25) is 4.90 Å². The smallest absolute Gasteiger partial charge is 0.137 e. The van der Waals surface area contributed by atoms with Crippen molar-refractivity contribution in [2.75, 3.05) is 13.6 Å². The second kappa shape index (κ2) is 3.71. The summed E-state index contributed by atoms with van der Waals surface area (Å²) in [6, 6.07) is 0.197. The number of carbonyl (C=O) groups excluding carboxylic acids is 1. The molecule has 2 nitrogen and oxygen atoms in total. The van der Waals surface area contributed by atoms with Gasteiger partial charge >= 0.3 is 0 Å². The van der Waals surface area contributed by atoms with E-state index in [-0.39, 0.29) is 6.04 Å². The molecule has 0 aromatic carbocycles. The van der Waals surface area contributed by atoms with Gasteiger partial charge in [-0.15, -0.1) is 0 Å². The third-order valence-corrected chi connectivity index (χ3v) is 2.23. The standard InChI is InChI=1S/C8H15NO/c1-9-6-4-2-3-5-8(9)7-10/h7-8H,2-6H2,1H3. The van der Waals surface area contributed by atoms with Crippen molar-refractivity contribution in [2.24, 2.45) is 0 Å². The van der Waals surface area contributed by atoms with Gasteiger partial charge in [-0.05, 0) is 26.4 Å². The number of aldehydes is 1. The molecule has 10 heavy (non-hydrogen) atoms. The first-order valence-electron chi connectivity index (χ1n) is 4.00. The minimum atomic E-state index is 0.197. The zero-order valence-corrected chi connectivity index (χ0v) is 6.55. The lowest BCUT2D eigenvalue weighted by atomic mass is 10.1. The van der Waals surface area contributed by atoms with Gasteiger partial charge in [0.15, 0.2) is 0 Å². The molecular weight excluding hydrogens is 126 g/mol. The number of likely N-dealkylation sites (tertiary alicyclic amines) is 1. The molecule has 1 unspecified atom stereocenters. The highest BCUT2D eigenvalue weighted by molar-refractivity contribution is 5.57. The Hall–Kier alpha value is -0.370. The van der Waals surface area contributed by atoms with E-state index in [4.69, 9.17) is 0 Å². The van der Waals surface area contributed by atoms with E-state index >= 15 is 0 Å². The third kappa shape index (κ3) is 1.81. The van der Waals surface area contributed by atoms with Gasteiger partial charge in [-0.25, -0.2) is 0 Å². The van der Waals surface area contributed by atoms with Gasteiger partial charge in [0.2, 0.25) is 0 Å². The molecule has 1 atom stereocenters. The molecule has 0 aromatic heterocycles. The van der Waals surface area contributed by atoms with Crippen molar-refractivity contribution in [3.63, 3.8) is 0 Å². The van der Waals surface area contributed by atoms with Crippen molar-refractivity contribution in [3.8, 4) is 0 Å². The van der Waals surface area contributed by atoms with Crippen molar-refractivity contribution < 1.29 is 4.79 Å². The van der Waals surface area contributed by atoms with Crippen LogP contribution in [0.15, 0.2) is 0 Å². The lowest BCUT2D eigenvalue weighted by Gasteiger charge is -2.19. The van der Waals surface area contributed by atoms with Crippen LogP contribution in [0.4, 0.5) is 0 Å². The molecule has 1 saturated heterocycles. The van der Waals surface area contributed by atoms with Gasteiger partial charge < -0.3 is 4.79 Å². The second-order valence-corrected chi connectivity index (χ2v) is 3.03. The van der Waals surface area contributed by atoms with Crippen LogP contribution in [0.2, 0.25) is 0 Å². The SMILES string of the molecule is CN1CCCCCC1C=O. The molecule has 0 N–H and O–H groups in total. The summed E-state index contributed by atoms with van der Waals surface area (Å²) in [5.74, 6) is 0. The first kappa shape index (κ1) is 7.73. The predicted octanol–water partition coefficient (Wildman–Crippen LogP) is 1.06. The van der Waals surface area contributed by atoms with E-state index in [1.54, 1.807) is 0 Å². The first-order valence-corrected chi connectivity index (χ1v) is 4.00. The van der Waals surface area contributed by atoms with Gasteiger partial charge in [-0.2, -0.15) is 0 Å². The molecule has 1 fully saturated rings. The van der Waals surface area contributed by atoms with E-state index < -0.39 is 0 Å². The maximum atomic E-state index is 10.5. The van der Waals surface area contributed by atoms with Gasteiger partial charge in [0.25, 0.3) is 0 Å². The zero-order valence-electron chi connectivity index (χ0n) is 6.55. The number of nitrogens with zero attached hydrogens (tertiary/aromatic N) is 1. The van der Waals surface area contributed by atoms with Crippen LogP contribution in [-0.2, 0) is 4.79 Å². The average Bonchev–Trinajstić information content (AvgIpc) is 2.13. The second-order valence-electron chi connectivity index (χ2n) is 3.03. The molecule has 0 aromatic rings. The van der Waals surface area contributed by atoms with Crippen LogP contribution >= 0.6 is 0 Å². The number of hydrogen-bond donors (Lipinski definition) is 0. The molecule has 1 heterocycles. The number of hydrogen-bond acceptors (Lipinski definition) is 2. The van der Waals surface area contributed by atoms with Crippen LogP contribution in [0.1, 0.15) is 25.7 Å². The van der Waals surface area contributed by atoms with Crippen LogP contribution in [0.5, 0.6) is 0 Å². The van der Waals surface area contributed by atoms with Crippen LogP contribution in [0.25, 0.3) is 0 Å². The maximum Gasteiger partial charge on any atom is 0.137 e. The molecule has 0 radical (unpaired) electrons. The summed E-state index contributed by atoms with van der Waals surface area (Å²) in [5.41, 5.74) is 0. The van der Waals surface area contributed by atoms with Crippen molar-refractivity contribution in [3.05, 3.63) is 0 Å². The fourth-order valence-corrected chi connectivity index (χ4v) is 1.45. The number of carbonyl (C=O) groups is 1. The van der Waals surface area contributed by atoms with Crippen LogP contribution in [-0.4, -0.2) is 30.8 Å². The van der Waals surface area contributed by atoms with Crippen molar-refractivity contribution >= 4 is 6.29 Å². The third-order valence-electron chi connectivity index (χ3n) is 2.23. The van der Waals surface area contributed by atoms with Gasteiger partial charge in [0, 0.05) is 0 Å². The van der Waals surface area contributed by atoms with Crippen molar-refractivity contribution in [1.29, 1.82) is 0 Å². The molecule has 58 valence electrons. The van der Waals surface area contributed by atoms with E-state index in [0.717, 1.165) is 19.3 Å². The quantitative estimate of drug-likeness (QED) is 0.509. The Morgan fingerprint density at radius 2 is 2.20 bits per heavy atom. The molecular formula is C8H15NO. The van der Waals surface area contributed by atoms with E-state index in [9.17, 15) is 4.79 Å². The zero-order chi connectivity index (χ0) is 7.40. The molecule has 2 heteroatoms. The summed E-state index contributed by atoms with van der Waals surface area (Å²) < 4.78 is 0. The molecule has 1 aliphatic rings. The fourth-order valence-electron chi connectivity index (χ4n) is 1.45. The average molecular weight is 141 g/mol. The Kier molecular flexibility index (Phi) is 2.87. The fraction of sp³-hybridized carbons (Fsp3) is 0.875. The summed E-state index contributed by atoms with van der Waals surface area (Å²) in [4.78, 5) is 12.6. The number of likely N-dealkylation sites (N-methyl/N-ethyl adjacent to an activating group) is 1. The van der Waals surface area contributed by atoms with Gasteiger partial charge in [0.1, 0.15) is 6.29 Å². The Morgan fingerprint density at radius 3 is 2.90 bits per heavy atom. The van der Waals surface area contributed by atoms with Gasteiger partial charge in [-0.1, -0.05) is 12.8 Å². The van der Waals surface area contributed by atoms with Gasteiger partial charge in [0.05, 0.1) is 6.04 Å². The molecule has 0 bridgehead atoms. The first-order chi connectivity index (χ1) is 4.84. The van der Waals surface area contributed by atoms with E-state index in [0.29, 0.717) is 0 Å². The monoisotopic (exact) mass is 141 g/mol. The molecule has 0 amide bonds. The summed E-state index contributed by atoms with van der Waals surface area (Å²) >= 11 is 0. The lowest BCUT2D eigenvalue weighted by Crippen LogP contribution is -2.31. The molecule has 0 aliphatic carbocycles. The lowest BCUT2D eigenvalue weighted by molar-refractivity contribution is -0.112. The summed E-state index contributed by atoms with van der Waals surface area (Å²) in [7, 11) is 2.03. The van der Waals surface area contributed by atoms with Crippen LogP contribution < -0.4 is 0 Å².